The van der Waals surface area contributed by atoms with Crippen LogP contribution in [-0.2, 0) is 7.05 Å². The van der Waals surface area contributed by atoms with E-state index in [4.69, 9.17) is 0 Å². The molecule has 2 heterocycles. The largest absolute Gasteiger partial charge is 0.316 e. The van der Waals surface area contributed by atoms with Gasteiger partial charge in [0.25, 0.3) is 0 Å². The van der Waals surface area contributed by atoms with Crippen LogP contribution < -0.4 is 0 Å². The van der Waals surface area contributed by atoms with Gasteiger partial charge < -0.3 is 4.57 Å². The van der Waals surface area contributed by atoms with Gasteiger partial charge in [-0.2, -0.15) is 0 Å². The van der Waals surface area contributed by atoms with Crippen LogP contribution in [0.15, 0.2) is 12.5 Å². The molecule has 2 rings (SSSR count). The van der Waals surface area contributed by atoms with Crippen LogP contribution in [0.3, 0.4) is 0 Å². The van der Waals surface area contributed by atoms with Gasteiger partial charge in [0.1, 0.15) is 17.7 Å². The van der Waals surface area contributed by atoms with Crippen molar-refractivity contribution in [1.29, 1.82) is 0 Å². The lowest BCUT2D eigenvalue weighted by Crippen LogP contribution is -1.91. The van der Waals surface area contributed by atoms with Gasteiger partial charge in [0, 0.05) is 7.05 Å². The summed E-state index contributed by atoms with van der Waals surface area (Å²) in [5.74, 6) is 0.959. The molecule has 0 aliphatic heterocycles. The van der Waals surface area contributed by atoms with Crippen LogP contribution in [-0.4, -0.2) is 19.5 Å². The summed E-state index contributed by atoms with van der Waals surface area (Å²) in [4.78, 5) is 12.2. The lowest BCUT2D eigenvalue weighted by Gasteiger charge is -1.92. The maximum Gasteiger partial charge on any atom is 0.163 e. The molecule has 0 aliphatic rings. The summed E-state index contributed by atoms with van der Waals surface area (Å²) in [6, 6.07) is 0. The lowest BCUT2D eigenvalue weighted by atomic mass is 10.6. The van der Waals surface area contributed by atoms with Crippen LogP contribution in [0.4, 0.5) is 0 Å². The van der Waals surface area contributed by atoms with Crippen LogP contribution in [0, 0.1) is 6.92 Å². The third-order valence-electron chi connectivity index (χ3n) is 1.76. The predicted molar refractivity (Wildman–Crippen MR) is 41.0 cm³/mol. The Balaban J connectivity index is 2.92. The van der Waals surface area contributed by atoms with E-state index < -0.39 is 0 Å². The molecule has 0 aliphatic carbocycles. The lowest BCUT2D eigenvalue weighted by molar-refractivity contribution is 0.873. The summed E-state index contributed by atoms with van der Waals surface area (Å²) in [7, 11) is 1.94. The number of aryl methyl sites for hydroxylation is 2. The Labute approximate surface area is 63.9 Å². The number of imidazole rings is 1. The van der Waals surface area contributed by atoms with Gasteiger partial charge in [-0.1, -0.05) is 0 Å². The third-order valence-corrected chi connectivity index (χ3v) is 1.76. The quantitative estimate of drug-likeness (QED) is 0.551. The minimum atomic E-state index is 0.854. The van der Waals surface area contributed by atoms with Crippen molar-refractivity contribution >= 4 is 11.2 Å². The van der Waals surface area contributed by atoms with E-state index in [0.29, 0.717) is 0 Å². The second-order valence-electron chi connectivity index (χ2n) is 2.45. The van der Waals surface area contributed by atoms with Gasteiger partial charge in [-0.25, -0.2) is 15.0 Å². The highest BCUT2D eigenvalue weighted by atomic mass is 15.1. The zero-order chi connectivity index (χ0) is 7.84. The third kappa shape index (κ3) is 0.790. The van der Waals surface area contributed by atoms with E-state index in [1.54, 1.807) is 6.20 Å². The number of fused-ring (bicyclic) bond motifs is 1. The zero-order valence-corrected chi connectivity index (χ0v) is 6.44. The summed E-state index contributed by atoms with van der Waals surface area (Å²) in [5.41, 5.74) is 1.74. The predicted octanol–water partition coefficient (Wildman–Crippen LogP) is 0.672. The molecule has 0 fully saturated rings. The van der Waals surface area contributed by atoms with E-state index in [2.05, 4.69) is 15.0 Å². The molecule has 0 radical (unpaired) electrons. The summed E-state index contributed by atoms with van der Waals surface area (Å²) >= 11 is 0. The van der Waals surface area contributed by atoms with Crippen molar-refractivity contribution in [3.05, 3.63) is 18.3 Å². The molecular weight excluding hydrogens is 140 g/mol. The first-order valence-corrected chi connectivity index (χ1v) is 3.38. The van der Waals surface area contributed by atoms with E-state index in [-0.39, 0.29) is 0 Å². The molecule has 0 spiro atoms. The Kier molecular flexibility index (Phi) is 1.15. The molecule has 11 heavy (non-hydrogen) atoms. The second kappa shape index (κ2) is 2.02. The van der Waals surface area contributed by atoms with Crippen molar-refractivity contribution in [2.45, 2.75) is 6.92 Å². The van der Waals surface area contributed by atoms with Crippen molar-refractivity contribution in [3.63, 3.8) is 0 Å². The minimum Gasteiger partial charge on any atom is -0.316 e. The molecule has 0 atom stereocenters. The Morgan fingerprint density at radius 1 is 1.45 bits per heavy atom. The van der Waals surface area contributed by atoms with Crippen molar-refractivity contribution in [2.24, 2.45) is 7.05 Å². The van der Waals surface area contributed by atoms with Gasteiger partial charge >= 0.3 is 0 Å². The molecule has 0 amide bonds. The fraction of sp³-hybridized carbons (Fsp3) is 0.286. The van der Waals surface area contributed by atoms with Crippen LogP contribution in [0.1, 0.15) is 5.82 Å². The minimum absolute atomic E-state index is 0.854. The summed E-state index contributed by atoms with van der Waals surface area (Å²) < 4.78 is 1.94. The van der Waals surface area contributed by atoms with Crippen molar-refractivity contribution in [1.82, 2.24) is 19.5 Å². The van der Waals surface area contributed by atoms with Crippen molar-refractivity contribution in [2.75, 3.05) is 0 Å². The van der Waals surface area contributed by atoms with Gasteiger partial charge in [0.2, 0.25) is 0 Å². The highest BCUT2D eigenvalue weighted by molar-refractivity contribution is 5.69. The second-order valence-corrected chi connectivity index (χ2v) is 2.45. The highest BCUT2D eigenvalue weighted by Crippen LogP contribution is 2.08. The van der Waals surface area contributed by atoms with E-state index in [1.165, 1.54) is 6.33 Å². The van der Waals surface area contributed by atoms with E-state index in [0.717, 1.165) is 17.0 Å². The van der Waals surface area contributed by atoms with Crippen molar-refractivity contribution < 1.29 is 0 Å². The molecule has 4 nitrogen and oxygen atoms in total. The normalized spacial score (nSPS) is 10.7. The number of aromatic nitrogens is 4. The Bertz CT molecular complexity index is 390. The molecule has 0 aromatic carbocycles. The first-order valence-electron chi connectivity index (χ1n) is 3.38. The SMILES string of the molecule is Cc1nc2cncnc2n1C. The smallest absolute Gasteiger partial charge is 0.163 e. The standard InChI is InChI=1S/C7H8N4/c1-5-10-6-3-8-4-9-7(6)11(5)2/h3-4H,1-2H3. The average molecular weight is 148 g/mol. The van der Waals surface area contributed by atoms with Gasteiger partial charge in [0.15, 0.2) is 5.65 Å². The van der Waals surface area contributed by atoms with Crippen LogP contribution in [0.5, 0.6) is 0 Å². The van der Waals surface area contributed by atoms with Crippen molar-refractivity contribution in [3.8, 4) is 0 Å². The molecule has 0 N–H and O–H groups in total. The van der Waals surface area contributed by atoms with Gasteiger partial charge in [-0.15, -0.1) is 0 Å². The average Bonchev–Trinajstić information content (AvgIpc) is 2.30. The van der Waals surface area contributed by atoms with Crippen LogP contribution >= 0.6 is 0 Å². The number of rotatable bonds is 0. The summed E-state index contributed by atoms with van der Waals surface area (Å²) in [6.07, 6.45) is 3.25. The molecule has 0 bridgehead atoms. The molecule has 0 saturated heterocycles. The van der Waals surface area contributed by atoms with Gasteiger partial charge in [0.05, 0.1) is 6.20 Å². The fourth-order valence-corrected chi connectivity index (χ4v) is 1.06. The molecule has 0 unspecified atom stereocenters. The maximum atomic E-state index is 4.25. The van der Waals surface area contributed by atoms with Gasteiger partial charge in [-0.05, 0) is 6.92 Å². The molecule has 0 saturated carbocycles. The maximum absolute atomic E-state index is 4.25. The molecule has 56 valence electrons. The van der Waals surface area contributed by atoms with Crippen LogP contribution in [0.2, 0.25) is 0 Å². The molecular formula is C7H8N4. The monoisotopic (exact) mass is 148 g/mol. The first kappa shape index (κ1) is 6.27. The fourth-order valence-electron chi connectivity index (χ4n) is 1.06. The number of hydrogen-bond donors (Lipinski definition) is 0. The van der Waals surface area contributed by atoms with Crippen LogP contribution in [0.25, 0.3) is 11.2 Å². The van der Waals surface area contributed by atoms with Gasteiger partial charge in [-0.3, -0.25) is 0 Å². The Morgan fingerprint density at radius 3 is 3.00 bits per heavy atom. The Hall–Kier alpha value is -1.45. The first-order chi connectivity index (χ1) is 5.29. The van der Waals surface area contributed by atoms with E-state index in [9.17, 15) is 0 Å². The number of nitrogens with zero attached hydrogens (tertiary/aromatic N) is 4. The molecule has 2 aromatic rings. The topological polar surface area (TPSA) is 43.6 Å². The molecule has 4 heteroatoms. The summed E-state index contributed by atoms with van der Waals surface area (Å²) in [5, 5.41) is 0. The zero-order valence-electron chi connectivity index (χ0n) is 6.44. The van der Waals surface area contributed by atoms with E-state index >= 15 is 0 Å². The summed E-state index contributed by atoms with van der Waals surface area (Å²) in [6.45, 7) is 1.95. The number of hydrogen-bond acceptors (Lipinski definition) is 3. The Morgan fingerprint density at radius 2 is 2.27 bits per heavy atom. The van der Waals surface area contributed by atoms with E-state index in [1.807, 2.05) is 18.5 Å². The molecule has 2 aromatic heterocycles. The highest BCUT2D eigenvalue weighted by Gasteiger charge is 2.02.